The smallest absolute Gasteiger partial charge is 0.248 e. The fourth-order valence-corrected chi connectivity index (χ4v) is 2.40. The third kappa shape index (κ3) is 1.21. The Labute approximate surface area is 88.3 Å². The summed E-state index contributed by atoms with van der Waals surface area (Å²) < 4.78 is 0. The fourth-order valence-electron chi connectivity index (χ4n) is 2.40. The first kappa shape index (κ1) is 8.71. The summed E-state index contributed by atoms with van der Waals surface area (Å²) in [6, 6.07) is 2.13. The Kier molecular flexibility index (Phi) is 1.71. The molecule has 0 aliphatic carbocycles. The molecule has 0 spiro atoms. The summed E-state index contributed by atoms with van der Waals surface area (Å²) in [7, 11) is 0. The molecular formula is C11H13N3O. The van der Waals surface area contributed by atoms with Crippen LogP contribution in [0.15, 0.2) is 12.3 Å². The van der Waals surface area contributed by atoms with Crippen LogP contribution in [0.2, 0.25) is 0 Å². The number of aryl methyl sites for hydroxylation is 1. The van der Waals surface area contributed by atoms with Crippen LogP contribution in [0.4, 0.5) is 11.5 Å². The molecule has 3 heterocycles. The van der Waals surface area contributed by atoms with Crippen LogP contribution in [0.1, 0.15) is 18.4 Å². The van der Waals surface area contributed by atoms with E-state index in [9.17, 15) is 4.79 Å². The number of nitrogens with zero attached hydrogens (tertiary/aromatic N) is 2. The molecule has 0 radical (unpaired) electrons. The van der Waals surface area contributed by atoms with Crippen molar-refractivity contribution in [2.24, 2.45) is 0 Å². The van der Waals surface area contributed by atoms with Crippen molar-refractivity contribution < 1.29 is 4.79 Å². The van der Waals surface area contributed by atoms with Crippen molar-refractivity contribution in [2.75, 3.05) is 16.8 Å². The average molecular weight is 203 g/mol. The zero-order valence-corrected chi connectivity index (χ0v) is 8.66. The first-order valence-electron chi connectivity index (χ1n) is 5.30. The molecule has 4 nitrogen and oxygen atoms in total. The van der Waals surface area contributed by atoms with Crippen molar-refractivity contribution in [1.82, 2.24) is 4.98 Å². The third-order valence-electron chi connectivity index (χ3n) is 3.11. The van der Waals surface area contributed by atoms with Crippen molar-refractivity contribution in [2.45, 2.75) is 25.8 Å². The Morgan fingerprint density at radius 1 is 1.60 bits per heavy atom. The minimum Gasteiger partial charge on any atom is -0.356 e. The Morgan fingerprint density at radius 2 is 2.47 bits per heavy atom. The molecule has 4 heteroatoms. The molecule has 1 N–H and O–H groups in total. The topological polar surface area (TPSA) is 45.2 Å². The number of pyridine rings is 1. The zero-order chi connectivity index (χ0) is 10.4. The molecule has 1 aromatic rings. The number of aromatic nitrogens is 1. The van der Waals surface area contributed by atoms with Gasteiger partial charge >= 0.3 is 0 Å². The SMILES string of the molecule is Cc1cnc2c(c1)N1CCC[C@H]1C(=O)N2. The van der Waals surface area contributed by atoms with Gasteiger partial charge in [0.1, 0.15) is 6.04 Å². The standard InChI is InChI=1S/C11H13N3O/c1-7-5-9-10(12-6-7)13-11(15)8-3-2-4-14(8)9/h5-6,8H,2-4H2,1H3,(H,12,13,15)/t8-/m0/s1. The molecule has 1 amide bonds. The van der Waals surface area contributed by atoms with Gasteiger partial charge in [0.25, 0.3) is 0 Å². The van der Waals surface area contributed by atoms with Crippen LogP contribution >= 0.6 is 0 Å². The molecule has 3 rings (SSSR count). The third-order valence-corrected chi connectivity index (χ3v) is 3.11. The van der Waals surface area contributed by atoms with Crippen molar-refractivity contribution in [3.63, 3.8) is 0 Å². The van der Waals surface area contributed by atoms with Crippen molar-refractivity contribution in [3.8, 4) is 0 Å². The number of carbonyl (C=O) groups excluding carboxylic acids is 1. The van der Waals surface area contributed by atoms with Gasteiger partial charge in [-0.3, -0.25) is 4.79 Å². The quantitative estimate of drug-likeness (QED) is 0.691. The molecule has 0 saturated carbocycles. The second kappa shape index (κ2) is 2.95. The van der Waals surface area contributed by atoms with Crippen LogP contribution < -0.4 is 10.2 Å². The number of hydrogen-bond donors (Lipinski definition) is 1. The Hall–Kier alpha value is -1.58. The van der Waals surface area contributed by atoms with E-state index < -0.39 is 0 Å². The van der Waals surface area contributed by atoms with Crippen molar-refractivity contribution in [1.29, 1.82) is 0 Å². The maximum absolute atomic E-state index is 11.7. The highest BCUT2D eigenvalue weighted by Crippen LogP contribution is 2.35. The molecule has 0 unspecified atom stereocenters. The molecular weight excluding hydrogens is 190 g/mol. The van der Waals surface area contributed by atoms with Crippen LogP contribution in [-0.4, -0.2) is 23.5 Å². The minimum atomic E-state index is 0.0288. The number of anilines is 2. The Bertz CT molecular complexity index is 430. The highest BCUT2D eigenvalue weighted by Gasteiger charge is 2.36. The van der Waals surface area contributed by atoms with E-state index in [1.807, 2.05) is 6.92 Å². The summed E-state index contributed by atoms with van der Waals surface area (Å²) in [5.74, 6) is 0.806. The summed E-state index contributed by atoms with van der Waals surface area (Å²) in [4.78, 5) is 18.2. The Morgan fingerprint density at radius 3 is 3.33 bits per heavy atom. The first-order chi connectivity index (χ1) is 7.25. The lowest BCUT2D eigenvalue weighted by Gasteiger charge is -2.32. The predicted octanol–water partition coefficient (Wildman–Crippen LogP) is 1.31. The van der Waals surface area contributed by atoms with E-state index in [2.05, 4.69) is 21.3 Å². The van der Waals surface area contributed by atoms with Crippen LogP contribution in [0.5, 0.6) is 0 Å². The highest BCUT2D eigenvalue weighted by molar-refractivity contribution is 6.02. The van der Waals surface area contributed by atoms with Gasteiger partial charge in [0.15, 0.2) is 5.82 Å². The van der Waals surface area contributed by atoms with E-state index >= 15 is 0 Å². The summed E-state index contributed by atoms with van der Waals surface area (Å²) in [6.45, 7) is 2.99. The van der Waals surface area contributed by atoms with Crippen molar-refractivity contribution in [3.05, 3.63) is 17.8 Å². The van der Waals surface area contributed by atoms with Gasteiger partial charge in [0.05, 0.1) is 5.69 Å². The van der Waals surface area contributed by atoms with Crippen LogP contribution in [-0.2, 0) is 4.79 Å². The minimum absolute atomic E-state index is 0.0288. The number of hydrogen-bond acceptors (Lipinski definition) is 3. The number of amides is 1. The van der Waals surface area contributed by atoms with Gasteiger partial charge in [-0.2, -0.15) is 0 Å². The van der Waals surface area contributed by atoms with E-state index in [1.165, 1.54) is 0 Å². The second-order valence-corrected chi connectivity index (χ2v) is 4.22. The fraction of sp³-hybridized carbons (Fsp3) is 0.455. The summed E-state index contributed by atoms with van der Waals surface area (Å²) in [5, 5.41) is 2.87. The van der Waals surface area contributed by atoms with Crippen LogP contribution in [0, 0.1) is 6.92 Å². The van der Waals surface area contributed by atoms with Gasteiger partial charge in [-0.05, 0) is 31.4 Å². The highest BCUT2D eigenvalue weighted by atomic mass is 16.2. The van der Waals surface area contributed by atoms with Gasteiger partial charge < -0.3 is 10.2 Å². The molecule has 78 valence electrons. The van der Waals surface area contributed by atoms with E-state index in [1.54, 1.807) is 6.20 Å². The number of carbonyl (C=O) groups is 1. The maximum atomic E-state index is 11.7. The molecule has 1 saturated heterocycles. The normalized spacial score (nSPS) is 23.4. The lowest BCUT2D eigenvalue weighted by Crippen LogP contribution is -2.44. The zero-order valence-electron chi connectivity index (χ0n) is 8.66. The lowest BCUT2D eigenvalue weighted by molar-refractivity contribution is -0.117. The first-order valence-corrected chi connectivity index (χ1v) is 5.30. The monoisotopic (exact) mass is 203 g/mol. The van der Waals surface area contributed by atoms with E-state index in [4.69, 9.17) is 0 Å². The van der Waals surface area contributed by atoms with Gasteiger partial charge in [-0.15, -0.1) is 0 Å². The van der Waals surface area contributed by atoms with E-state index in [-0.39, 0.29) is 11.9 Å². The summed E-state index contributed by atoms with van der Waals surface area (Å²) >= 11 is 0. The molecule has 15 heavy (non-hydrogen) atoms. The average Bonchev–Trinajstić information content (AvgIpc) is 2.69. The molecule has 0 aromatic carbocycles. The molecule has 1 atom stereocenters. The number of fused-ring (bicyclic) bond motifs is 3. The van der Waals surface area contributed by atoms with Gasteiger partial charge in [0, 0.05) is 12.7 Å². The molecule has 0 bridgehead atoms. The number of rotatable bonds is 0. The molecule has 2 aliphatic heterocycles. The van der Waals surface area contributed by atoms with Crippen LogP contribution in [0.3, 0.4) is 0 Å². The molecule has 1 aromatic heterocycles. The van der Waals surface area contributed by atoms with Gasteiger partial charge in [0.2, 0.25) is 5.91 Å². The van der Waals surface area contributed by atoms with E-state index in [0.717, 1.165) is 30.6 Å². The van der Waals surface area contributed by atoms with Gasteiger partial charge in [-0.1, -0.05) is 0 Å². The summed E-state index contributed by atoms with van der Waals surface area (Å²) in [5.41, 5.74) is 2.22. The second-order valence-electron chi connectivity index (χ2n) is 4.22. The van der Waals surface area contributed by atoms with Crippen LogP contribution in [0.25, 0.3) is 0 Å². The lowest BCUT2D eigenvalue weighted by atomic mass is 10.1. The summed E-state index contributed by atoms with van der Waals surface area (Å²) in [6.07, 6.45) is 3.83. The van der Waals surface area contributed by atoms with E-state index in [0.29, 0.717) is 5.82 Å². The predicted molar refractivity (Wildman–Crippen MR) is 58.0 cm³/mol. The molecule has 2 aliphatic rings. The Balaban J connectivity index is 2.12. The molecule has 1 fully saturated rings. The maximum Gasteiger partial charge on any atom is 0.248 e. The largest absolute Gasteiger partial charge is 0.356 e. The van der Waals surface area contributed by atoms with Gasteiger partial charge in [-0.25, -0.2) is 4.98 Å². The van der Waals surface area contributed by atoms with Crippen molar-refractivity contribution >= 4 is 17.4 Å². The number of nitrogens with one attached hydrogen (secondary N) is 1.